The van der Waals surface area contributed by atoms with E-state index in [0.29, 0.717) is 0 Å². The molecule has 0 bridgehead atoms. The summed E-state index contributed by atoms with van der Waals surface area (Å²) >= 11 is 0. The van der Waals surface area contributed by atoms with Crippen LogP contribution in [0, 0.1) is 0 Å². The third-order valence-corrected chi connectivity index (χ3v) is 4.60. The molecule has 2 aliphatic heterocycles. The lowest BCUT2D eigenvalue weighted by Crippen LogP contribution is -2.60. The van der Waals surface area contributed by atoms with Crippen molar-refractivity contribution in [2.24, 2.45) is 0 Å². The summed E-state index contributed by atoms with van der Waals surface area (Å²) in [4.78, 5) is 0. The third kappa shape index (κ3) is 8.42. The van der Waals surface area contributed by atoms with E-state index in [0.717, 1.165) is 0 Å². The Kier molecular flexibility index (Phi) is 11.2. The second-order valence-electron chi connectivity index (χ2n) is 8.85. The molecule has 31 heavy (non-hydrogen) atoms. The van der Waals surface area contributed by atoms with E-state index in [-0.39, 0.29) is 12.7 Å². The number of aliphatic hydroxyl groups excluding tert-OH is 8. The van der Waals surface area contributed by atoms with Crippen LogP contribution in [0.25, 0.3) is 0 Å². The van der Waals surface area contributed by atoms with Gasteiger partial charge in [0, 0.05) is 0 Å². The van der Waals surface area contributed by atoms with E-state index in [1.807, 2.05) is 13.8 Å². The van der Waals surface area contributed by atoms with Gasteiger partial charge in [-0.05, 0) is 34.6 Å². The highest BCUT2D eigenvalue weighted by atomic mass is 16.7. The van der Waals surface area contributed by atoms with E-state index in [2.05, 4.69) is 0 Å². The normalized spacial score (nSPS) is 41.6. The summed E-state index contributed by atoms with van der Waals surface area (Å²) in [6.07, 6.45) is -12.6. The minimum Gasteiger partial charge on any atom is -0.394 e. The molecule has 12 heteroatoms. The topological polar surface area (TPSA) is 199 Å². The predicted octanol–water partition coefficient (Wildman–Crippen LogP) is -3.19. The van der Waals surface area contributed by atoms with E-state index >= 15 is 0 Å². The molecule has 0 aromatic heterocycles. The van der Waals surface area contributed by atoms with E-state index in [1.165, 1.54) is 0 Å². The van der Waals surface area contributed by atoms with E-state index in [1.54, 1.807) is 20.8 Å². The smallest absolute Gasteiger partial charge is 0.187 e. The molecule has 2 fully saturated rings. The fourth-order valence-corrected chi connectivity index (χ4v) is 2.87. The monoisotopic (exact) mass is 458 g/mol. The molecular weight excluding hydrogens is 420 g/mol. The average Bonchev–Trinajstić information content (AvgIpc) is 2.68. The quantitative estimate of drug-likeness (QED) is 0.206. The molecule has 0 aromatic rings. The maximum Gasteiger partial charge on any atom is 0.187 e. The third-order valence-electron chi connectivity index (χ3n) is 4.60. The Balaban J connectivity index is 0.000000311. The van der Waals surface area contributed by atoms with Crippen LogP contribution in [0.1, 0.15) is 34.6 Å². The largest absolute Gasteiger partial charge is 0.394 e. The lowest BCUT2D eigenvalue weighted by atomic mass is 9.99. The lowest BCUT2D eigenvalue weighted by molar-refractivity contribution is -0.320. The van der Waals surface area contributed by atoms with Crippen molar-refractivity contribution in [3.63, 3.8) is 0 Å². The van der Waals surface area contributed by atoms with Crippen LogP contribution in [0.15, 0.2) is 0 Å². The first-order valence-electron chi connectivity index (χ1n) is 10.2. The van der Waals surface area contributed by atoms with Gasteiger partial charge in [0.15, 0.2) is 12.6 Å². The first-order chi connectivity index (χ1) is 14.2. The SMILES string of the molecule is CC(C)(C)OC1OC(CO)C(O)C(O)C1O.CC(C)OCC1OC(O)C(O)C(O)C1O. The Hall–Kier alpha value is -0.480. The Bertz CT molecular complexity index is 511. The molecule has 0 aliphatic carbocycles. The van der Waals surface area contributed by atoms with Crippen molar-refractivity contribution in [2.45, 2.75) is 108 Å². The van der Waals surface area contributed by atoms with Crippen LogP contribution >= 0.6 is 0 Å². The Morgan fingerprint density at radius 2 is 1.26 bits per heavy atom. The molecule has 0 amide bonds. The van der Waals surface area contributed by atoms with Gasteiger partial charge in [-0.2, -0.15) is 0 Å². The van der Waals surface area contributed by atoms with Crippen LogP contribution in [0.3, 0.4) is 0 Å². The molecule has 0 radical (unpaired) electrons. The minimum atomic E-state index is -1.50. The van der Waals surface area contributed by atoms with Gasteiger partial charge in [-0.1, -0.05) is 0 Å². The van der Waals surface area contributed by atoms with E-state index < -0.39 is 73.6 Å². The average molecular weight is 459 g/mol. The summed E-state index contributed by atoms with van der Waals surface area (Å²) in [7, 11) is 0. The van der Waals surface area contributed by atoms with Crippen LogP contribution in [0.5, 0.6) is 0 Å². The summed E-state index contributed by atoms with van der Waals surface area (Å²) in [5.41, 5.74) is -0.562. The summed E-state index contributed by atoms with van der Waals surface area (Å²) in [6.45, 7) is 8.56. The highest BCUT2D eigenvalue weighted by molar-refractivity contribution is 4.90. The van der Waals surface area contributed by atoms with Gasteiger partial charge in [0.2, 0.25) is 0 Å². The molecule has 186 valence electrons. The second-order valence-corrected chi connectivity index (χ2v) is 8.85. The summed E-state index contributed by atoms with van der Waals surface area (Å²) in [5.74, 6) is 0. The van der Waals surface area contributed by atoms with Crippen molar-refractivity contribution >= 4 is 0 Å². The van der Waals surface area contributed by atoms with E-state index in [4.69, 9.17) is 24.1 Å². The molecular formula is C19H38O12. The van der Waals surface area contributed by atoms with Gasteiger partial charge in [0.1, 0.15) is 48.8 Å². The maximum absolute atomic E-state index is 9.64. The van der Waals surface area contributed by atoms with Crippen molar-refractivity contribution in [3.8, 4) is 0 Å². The molecule has 8 N–H and O–H groups in total. The van der Waals surface area contributed by atoms with Gasteiger partial charge < -0.3 is 59.8 Å². The number of ether oxygens (including phenoxy) is 4. The van der Waals surface area contributed by atoms with Crippen LogP contribution in [-0.2, 0) is 18.9 Å². The zero-order valence-electron chi connectivity index (χ0n) is 18.5. The molecule has 2 heterocycles. The van der Waals surface area contributed by atoms with Gasteiger partial charge >= 0.3 is 0 Å². The van der Waals surface area contributed by atoms with Gasteiger partial charge in [0.05, 0.1) is 24.9 Å². The second kappa shape index (κ2) is 12.1. The van der Waals surface area contributed by atoms with Crippen molar-refractivity contribution in [1.82, 2.24) is 0 Å². The van der Waals surface area contributed by atoms with Gasteiger partial charge in [-0.3, -0.25) is 0 Å². The summed E-state index contributed by atoms with van der Waals surface area (Å²) in [6, 6.07) is 0. The van der Waals surface area contributed by atoms with Crippen LogP contribution in [0.2, 0.25) is 0 Å². The molecule has 10 unspecified atom stereocenters. The Labute approximate surface area is 181 Å². The molecule has 2 saturated heterocycles. The Morgan fingerprint density at radius 1 is 0.742 bits per heavy atom. The molecule has 10 atom stereocenters. The number of hydrogen-bond acceptors (Lipinski definition) is 12. The first-order valence-corrected chi connectivity index (χ1v) is 10.2. The van der Waals surface area contributed by atoms with Crippen molar-refractivity contribution in [2.75, 3.05) is 13.2 Å². The fourth-order valence-electron chi connectivity index (χ4n) is 2.87. The Morgan fingerprint density at radius 3 is 1.74 bits per heavy atom. The molecule has 2 rings (SSSR count). The van der Waals surface area contributed by atoms with Crippen molar-refractivity contribution < 1.29 is 59.8 Å². The minimum absolute atomic E-state index is 0.0399. The zero-order chi connectivity index (χ0) is 24.1. The molecule has 0 aromatic carbocycles. The number of rotatable bonds is 5. The van der Waals surface area contributed by atoms with E-state index in [9.17, 15) is 35.7 Å². The van der Waals surface area contributed by atoms with Crippen LogP contribution < -0.4 is 0 Å². The number of aliphatic hydroxyl groups is 8. The van der Waals surface area contributed by atoms with Crippen LogP contribution in [-0.4, -0.2) is 127 Å². The van der Waals surface area contributed by atoms with Crippen molar-refractivity contribution in [1.29, 1.82) is 0 Å². The van der Waals surface area contributed by atoms with Gasteiger partial charge in [-0.25, -0.2) is 0 Å². The van der Waals surface area contributed by atoms with Crippen molar-refractivity contribution in [3.05, 3.63) is 0 Å². The predicted molar refractivity (Wildman–Crippen MR) is 105 cm³/mol. The lowest BCUT2D eigenvalue weighted by Gasteiger charge is -2.41. The maximum atomic E-state index is 9.64. The molecule has 0 saturated carbocycles. The molecule has 2 aliphatic rings. The van der Waals surface area contributed by atoms with Gasteiger partial charge in [0.25, 0.3) is 0 Å². The zero-order valence-corrected chi connectivity index (χ0v) is 18.5. The van der Waals surface area contributed by atoms with Gasteiger partial charge in [-0.15, -0.1) is 0 Å². The highest BCUT2D eigenvalue weighted by Crippen LogP contribution is 2.25. The van der Waals surface area contributed by atoms with Crippen LogP contribution in [0.4, 0.5) is 0 Å². The fraction of sp³-hybridized carbons (Fsp3) is 1.00. The first kappa shape index (κ1) is 28.6. The summed E-state index contributed by atoms with van der Waals surface area (Å²) in [5, 5.41) is 74.9. The molecule has 0 spiro atoms. The molecule has 12 nitrogen and oxygen atoms in total. The standard InChI is InChI=1S/C10H20O6.C9H18O6/c1-10(2,3)16-9-8(14)7(13)6(12)5(4-11)15-9;1-4(2)14-3-5-6(10)7(11)8(12)9(13)15-5/h5-9,11-14H,4H2,1-3H3;4-13H,3H2,1-2H3. The highest BCUT2D eigenvalue weighted by Gasteiger charge is 2.45. The summed E-state index contributed by atoms with van der Waals surface area (Å²) < 4.78 is 20.7. The number of hydrogen-bond donors (Lipinski definition) is 8.